The first-order valence-electron chi connectivity index (χ1n) is 6.07. The maximum absolute atomic E-state index is 11.6. The monoisotopic (exact) mass is 380 g/mol. The van der Waals surface area contributed by atoms with E-state index < -0.39 is 27.6 Å². The minimum atomic E-state index is -4.07. The highest BCUT2D eigenvalue weighted by atomic mass is 79.9. The fourth-order valence-electron chi connectivity index (χ4n) is 1.36. The van der Waals surface area contributed by atoms with E-state index in [4.69, 9.17) is 9.29 Å². The maximum Gasteiger partial charge on any atom is 0.413 e. The zero-order valence-electron chi connectivity index (χ0n) is 11.9. The van der Waals surface area contributed by atoms with Gasteiger partial charge in [-0.1, -0.05) is 0 Å². The lowest BCUT2D eigenvalue weighted by Gasteiger charge is -2.19. The third kappa shape index (κ3) is 7.39. The lowest BCUT2D eigenvalue weighted by Crippen LogP contribution is -2.27. The average Bonchev–Trinajstić information content (AvgIpc) is 2.26. The number of rotatable bonds is 4. The van der Waals surface area contributed by atoms with Gasteiger partial charge in [0.1, 0.15) is 11.4 Å². The molecule has 7 nitrogen and oxygen atoms in total. The Morgan fingerprint density at radius 2 is 2.05 bits per heavy atom. The van der Waals surface area contributed by atoms with Crippen LogP contribution in [-0.4, -0.2) is 35.4 Å². The summed E-state index contributed by atoms with van der Waals surface area (Å²) < 4.78 is 35.9. The van der Waals surface area contributed by atoms with Gasteiger partial charge in [-0.05, 0) is 48.8 Å². The van der Waals surface area contributed by atoms with E-state index in [1.54, 1.807) is 32.9 Å². The Hall–Kier alpha value is -1.19. The molecule has 9 heteroatoms. The smallest absolute Gasteiger partial charge is 0.413 e. The molecule has 0 aliphatic rings. The second-order valence-corrected chi connectivity index (χ2v) is 7.71. The number of anilines is 1. The van der Waals surface area contributed by atoms with Crippen LogP contribution in [0.3, 0.4) is 0 Å². The number of aromatic nitrogens is 1. The fraction of sp³-hybridized carbons (Fsp3) is 0.500. The summed E-state index contributed by atoms with van der Waals surface area (Å²) in [4.78, 5) is 15.7. The molecule has 1 aromatic rings. The summed E-state index contributed by atoms with van der Waals surface area (Å²) in [5.41, 5.74) is -0.228. The Bertz CT molecular complexity index is 625. The average molecular weight is 381 g/mol. The van der Waals surface area contributed by atoms with Crippen molar-refractivity contribution < 1.29 is 22.5 Å². The molecule has 0 bridgehead atoms. The second kappa shape index (κ2) is 6.71. The van der Waals surface area contributed by atoms with E-state index in [1.807, 2.05) is 0 Å². The van der Waals surface area contributed by atoms with Crippen molar-refractivity contribution in [3.63, 3.8) is 0 Å². The first-order chi connectivity index (χ1) is 9.46. The van der Waals surface area contributed by atoms with Gasteiger partial charge in [0.15, 0.2) is 0 Å². The van der Waals surface area contributed by atoms with E-state index >= 15 is 0 Å². The molecule has 1 heterocycles. The largest absolute Gasteiger partial charge is 0.444 e. The quantitative estimate of drug-likeness (QED) is 0.777. The summed E-state index contributed by atoms with van der Waals surface area (Å²) in [7, 11) is -4.07. The first-order valence-corrected chi connectivity index (χ1v) is 8.47. The number of halogens is 1. The molecule has 0 fully saturated rings. The third-order valence-corrected chi connectivity index (χ3v) is 3.59. The van der Waals surface area contributed by atoms with Gasteiger partial charge in [0.2, 0.25) is 0 Å². The van der Waals surface area contributed by atoms with Gasteiger partial charge in [-0.2, -0.15) is 8.42 Å². The molecule has 0 aliphatic heterocycles. The minimum Gasteiger partial charge on any atom is -0.444 e. The van der Waals surface area contributed by atoms with Crippen molar-refractivity contribution in [1.82, 2.24) is 4.98 Å². The van der Waals surface area contributed by atoms with Gasteiger partial charge in [0.05, 0.1) is 11.4 Å². The Balaban J connectivity index is 2.79. The molecular weight excluding hydrogens is 364 g/mol. The van der Waals surface area contributed by atoms with Gasteiger partial charge in [-0.3, -0.25) is 9.87 Å². The normalized spacial score (nSPS) is 12.0. The molecule has 118 valence electrons. The number of aryl methyl sites for hydroxylation is 1. The highest BCUT2D eigenvalue weighted by Crippen LogP contribution is 2.19. The van der Waals surface area contributed by atoms with Crippen molar-refractivity contribution in [3.05, 3.63) is 22.3 Å². The van der Waals surface area contributed by atoms with E-state index in [0.29, 0.717) is 10.2 Å². The Morgan fingerprint density at radius 1 is 1.43 bits per heavy atom. The van der Waals surface area contributed by atoms with Crippen molar-refractivity contribution in [2.75, 3.05) is 11.1 Å². The summed E-state index contributed by atoms with van der Waals surface area (Å²) in [5.74, 6) is -0.216. The van der Waals surface area contributed by atoms with Gasteiger partial charge in [-0.25, -0.2) is 9.78 Å². The van der Waals surface area contributed by atoms with Gasteiger partial charge in [-0.15, -0.1) is 0 Å². The zero-order valence-corrected chi connectivity index (χ0v) is 14.3. The van der Waals surface area contributed by atoms with Crippen LogP contribution in [0.4, 0.5) is 10.6 Å². The maximum atomic E-state index is 11.6. The van der Waals surface area contributed by atoms with Crippen LogP contribution < -0.4 is 5.32 Å². The molecule has 1 aromatic heterocycles. The first kappa shape index (κ1) is 17.9. The molecule has 0 aliphatic carbocycles. The molecule has 0 radical (unpaired) electrons. The van der Waals surface area contributed by atoms with E-state index in [2.05, 4.69) is 26.2 Å². The van der Waals surface area contributed by atoms with Crippen LogP contribution >= 0.6 is 15.9 Å². The second-order valence-electron chi connectivity index (χ2n) is 5.29. The van der Waals surface area contributed by atoms with Crippen molar-refractivity contribution in [1.29, 1.82) is 0 Å². The number of nitrogens with one attached hydrogen (secondary N) is 1. The molecule has 0 aromatic carbocycles. The molecule has 1 amide bonds. The molecule has 0 unspecified atom stereocenters. The van der Waals surface area contributed by atoms with E-state index in [9.17, 15) is 13.2 Å². The number of carbonyl (C=O) groups excluding carboxylic acids is 1. The topological polar surface area (TPSA) is 106 Å². The molecule has 0 saturated heterocycles. The van der Waals surface area contributed by atoms with Crippen molar-refractivity contribution in [2.24, 2.45) is 0 Å². The van der Waals surface area contributed by atoms with Crippen molar-refractivity contribution in [2.45, 2.75) is 32.8 Å². The molecule has 21 heavy (non-hydrogen) atoms. The van der Waals surface area contributed by atoms with E-state index in [-0.39, 0.29) is 12.2 Å². The van der Waals surface area contributed by atoms with Crippen LogP contribution in [0.25, 0.3) is 0 Å². The van der Waals surface area contributed by atoms with Crippen LogP contribution in [0.1, 0.15) is 26.5 Å². The number of amides is 1. The number of pyridine rings is 1. The Kier molecular flexibility index (Phi) is 5.71. The van der Waals surface area contributed by atoms with E-state index in [0.717, 1.165) is 0 Å². The fourth-order valence-corrected chi connectivity index (χ4v) is 2.23. The van der Waals surface area contributed by atoms with Crippen LogP contribution in [0.5, 0.6) is 0 Å². The lowest BCUT2D eigenvalue weighted by molar-refractivity contribution is 0.0635. The van der Waals surface area contributed by atoms with Crippen molar-refractivity contribution >= 4 is 38.0 Å². The van der Waals surface area contributed by atoms with Gasteiger partial charge < -0.3 is 4.74 Å². The highest BCUT2D eigenvalue weighted by molar-refractivity contribution is 9.10. The number of hydrogen-bond donors (Lipinski definition) is 2. The zero-order chi connectivity index (χ0) is 16.3. The van der Waals surface area contributed by atoms with Gasteiger partial charge >= 0.3 is 6.09 Å². The molecule has 0 spiro atoms. The minimum absolute atomic E-state index is 0.0171. The predicted octanol–water partition coefficient (Wildman–Crippen LogP) is 2.62. The van der Waals surface area contributed by atoms with Crippen LogP contribution in [0.2, 0.25) is 0 Å². The molecule has 0 saturated carbocycles. The highest BCUT2D eigenvalue weighted by Gasteiger charge is 2.17. The molecular formula is C12H17BrN2O5S. The van der Waals surface area contributed by atoms with Gasteiger partial charge in [0.25, 0.3) is 10.1 Å². The van der Waals surface area contributed by atoms with Crippen molar-refractivity contribution in [3.8, 4) is 0 Å². The SMILES string of the molecule is CC(C)(C)OC(=O)Nc1ccc(Br)c(CCS(=O)(=O)O)n1. The lowest BCUT2D eigenvalue weighted by atomic mass is 10.2. The summed E-state index contributed by atoms with van der Waals surface area (Å²) in [6.45, 7) is 5.21. The molecule has 0 atom stereocenters. The summed E-state index contributed by atoms with van der Waals surface area (Å²) in [5, 5.41) is 2.46. The standard InChI is InChI=1S/C12H17BrN2O5S/c1-12(2,3)20-11(16)15-10-5-4-8(13)9(14-10)6-7-21(17,18)19/h4-5H,6-7H2,1-3H3,(H,14,15,16)(H,17,18,19). The Labute approximate surface area is 132 Å². The summed E-state index contributed by atoms with van der Waals surface area (Å²) in [6.07, 6.45) is -0.637. The Morgan fingerprint density at radius 3 is 2.57 bits per heavy atom. The molecule has 2 N–H and O–H groups in total. The van der Waals surface area contributed by atoms with Crippen LogP contribution in [-0.2, 0) is 21.3 Å². The number of carbonyl (C=O) groups is 1. The summed E-state index contributed by atoms with van der Waals surface area (Å²) in [6, 6.07) is 3.17. The van der Waals surface area contributed by atoms with Crippen LogP contribution in [0, 0.1) is 0 Å². The summed E-state index contributed by atoms with van der Waals surface area (Å²) >= 11 is 3.23. The molecule has 1 rings (SSSR count). The van der Waals surface area contributed by atoms with E-state index in [1.165, 1.54) is 0 Å². The number of nitrogens with zero attached hydrogens (tertiary/aromatic N) is 1. The number of hydrogen-bond acceptors (Lipinski definition) is 5. The predicted molar refractivity (Wildman–Crippen MR) is 81.9 cm³/mol. The number of ether oxygens (including phenoxy) is 1. The van der Waals surface area contributed by atoms with Crippen LogP contribution in [0.15, 0.2) is 16.6 Å². The van der Waals surface area contributed by atoms with Gasteiger partial charge in [0, 0.05) is 10.9 Å². The third-order valence-electron chi connectivity index (χ3n) is 2.14.